The zero-order valence-electron chi connectivity index (χ0n) is 14.0. The van der Waals surface area contributed by atoms with Crippen molar-refractivity contribution in [1.82, 2.24) is 0 Å². The van der Waals surface area contributed by atoms with Gasteiger partial charge in [-0.1, -0.05) is 35.4 Å². The molecule has 0 aliphatic carbocycles. The number of carbonyl (C=O) groups excluding carboxylic acids is 2. The molecule has 0 fully saturated rings. The van der Waals surface area contributed by atoms with Crippen LogP contribution in [0, 0.1) is 6.92 Å². The maximum Gasteiger partial charge on any atom is 0.343 e. The Morgan fingerprint density at radius 3 is 2.23 bits per heavy atom. The standard InChI is InChI=1S/C21H16ClNO3/c1-14-5-9-18(10-6-14)23-20(24)15-7-11-19(12-8-15)26-21(25)16-3-2-4-17(22)13-16/h2-13H,1H3,(H,23,24). The molecule has 1 N–H and O–H groups in total. The highest BCUT2D eigenvalue weighted by Gasteiger charge is 2.10. The van der Waals surface area contributed by atoms with Crippen molar-refractivity contribution < 1.29 is 14.3 Å². The van der Waals surface area contributed by atoms with Crippen molar-refractivity contribution >= 4 is 29.2 Å². The van der Waals surface area contributed by atoms with Crippen molar-refractivity contribution in [2.75, 3.05) is 5.32 Å². The summed E-state index contributed by atoms with van der Waals surface area (Å²) in [5.41, 5.74) is 2.66. The lowest BCUT2D eigenvalue weighted by Gasteiger charge is -2.07. The van der Waals surface area contributed by atoms with E-state index < -0.39 is 5.97 Å². The van der Waals surface area contributed by atoms with Crippen LogP contribution in [0.15, 0.2) is 72.8 Å². The molecule has 130 valence electrons. The van der Waals surface area contributed by atoms with Crippen LogP contribution < -0.4 is 10.1 Å². The third-order valence-corrected chi connectivity index (χ3v) is 3.93. The Hall–Kier alpha value is -3.11. The van der Waals surface area contributed by atoms with Crippen LogP contribution in [0.5, 0.6) is 5.75 Å². The van der Waals surface area contributed by atoms with Gasteiger partial charge < -0.3 is 10.1 Å². The van der Waals surface area contributed by atoms with Gasteiger partial charge in [-0.2, -0.15) is 0 Å². The van der Waals surface area contributed by atoms with Gasteiger partial charge in [-0.3, -0.25) is 4.79 Å². The molecule has 0 aromatic heterocycles. The minimum Gasteiger partial charge on any atom is -0.423 e. The van der Waals surface area contributed by atoms with E-state index in [0.29, 0.717) is 21.9 Å². The van der Waals surface area contributed by atoms with E-state index in [9.17, 15) is 9.59 Å². The van der Waals surface area contributed by atoms with Crippen molar-refractivity contribution in [2.45, 2.75) is 6.92 Å². The van der Waals surface area contributed by atoms with E-state index in [2.05, 4.69) is 5.32 Å². The maximum atomic E-state index is 12.3. The second-order valence-corrected chi connectivity index (χ2v) is 6.18. The number of nitrogens with one attached hydrogen (secondary N) is 1. The van der Waals surface area contributed by atoms with Gasteiger partial charge >= 0.3 is 5.97 Å². The van der Waals surface area contributed by atoms with Crippen molar-refractivity contribution in [3.05, 3.63) is 94.5 Å². The molecule has 0 spiro atoms. The first-order valence-electron chi connectivity index (χ1n) is 7.97. The quantitative estimate of drug-likeness (QED) is 0.515. The van der Waals surface area contributed by atoms with E-state index in [0.717, 1.165) is 11.3 Å². The Bertz CT molecular complexity index is 934. The van der Waals surface area contributed by atoms with Crippen LogP contribution in [0.25, 0.3) is 0 Å². The zero-order chi connectivity index (χ0) is 18.5. The van der Waals surface area contributed by atoms with Crippen LogP contribution in [-0.2, 0) is 0 Å². The highest BCUT2D eigenvalue weighted by atomic mass is 35.5. The molecule has 5 heteroatoms. The molecule has 3 aromatic carbocycles. The second-order valence-electron chi connectivity index (χ2n) is 5.74. The number of hydrogen-bond acceptors (Lipinski definition) is 3. The molecule has 4 nitrogen and oxygen atoms in total. The van der Waals surface area contributed by atoms with Gasteiger partial charge in [-0.05, 0) is 61.5 Å². The SMILES string of the molecule is Cc1ccc(NC(=O)c2ccc(OC(=O)c3cccc(Cl)c3)cc2)cc1. The molecule has 0 saturated heterocycles. The molecule has 0 unspecified atom stereocenters. The number of amides is 1. The summed E-state index contributed by atoms with van der Waals surface area (Å²) in [5, 5.41) is 3.28. The number of hydrogen-bond donors (Lipinski definition) is 1. The first-order valence-corrected chi connectivity index (χ1v) is 8.35. The fraction of sp³-hybridized carbons (Fsp3) is 0.0476. The minimum absolute atomic E-state index is 0.235. The molecule has 0 aliphatic rings. The zero-order valence-corrected chi connectivity index (χ0v) is 14.8. The number of aryl methyl sites for hydroxylation is 1. The number of rotatable bonds is 4. The molecule has 3 rings (SSSR count). The topological polar surface area (TPSA) is 55.4 Å². The van der Waals surface area contributed by atoms with Crippen LogP contribution in [0.1, 0.15) is 26.3 Å². The summed E-state index contributed by atoms with van der Waals surface area (Å²) in [7, 11) is 0. The molecule has 0 aliphatic heterocycles. The average Bonchev–Trinajstić information content (AvgIpc) is 2.64. The van der Waals surface area contributed by atoms with E-state index in [1.807, 2.05) is 31.2 Å². The van der Waals surface area contributed by atoms with Crippen LogP contribution >= 0.6 is 11.6 Å². The number of benzene rings is 3. The predicted octanol–water partition coefficient (Wildman–Crippen LogP) is 5.12. The minimum atomic E-state index is -0.510. The summed E-state index contributed by atoms with van der Waals surface area (Å²) in [6, 6.07) is 20.4. The molecule has 0 bridgehead atoms. The van der Waals surface area contributed by atoms with Gasteiger partial charge in [0, 0.05) is 16.3 Å². The van der Waals surface area contributed by atoms with E-state index in [4.69, 9.17) is 16.3 Å². The first kappa shape index (κ1) is 17.7. The van der Waals surface area contributed by atoms with Gasteiger partial charge in [-0.25, -0.2) is 4.79 Å². The third-order valence-electron chi connectivity index (χ3n) is 3.70. The number of carbonyl (C=O) groups is 2. The number of anilines is 1. The Kier molecular flexibility index (Phi) is 5.34. The highest BCUT2D eigenvalue weighted by molar-refractivity contribution is 6.30. The summed E-state index contributed by atoms with van der Waals surface area (Å²) < 4.78 is 5.29. The van der Waals surface area contributed by atoms with Crippen LogP contribution in [0.3, 0.4) is 0 Å². The van der Waals surface area contributed by atoms with Crippen LogP contribution in [-0.4, -0.2) is 11.9 Å². The molecule has 0 radical (unpaired) electrons. The summed E-state index contributed by atoms with van der Waals surface area (Å²) in [5.74, 6) is -0.396. The van der Waals surface area contributed by atoms with E-state index in [1.165, 1.54) is 6.07 Å². The Labute approximate surface area is 156 Å². The fourth-order valence-electron chi connectivity index (χ4n) is 2.30. The molecule has 3 aromatic rings. The van der Waals surface area contributed by atoms with Gasteiger partial charge in [0.15, 0.2) is 0 Å². The molecule has 1 amide bonds. The van der Waals surface area contributed by atoms with Crippen molar-refractivity contribution in [3.8, 4) is 5.75 Å². The lowest BCUT2D eigenvalue weighted by atomic mass is 10.2. The van der Waals surface area contributed by atoms with Crippen molar-refractivity contribution in [3.63, 3.8) is 0 Å². The Morgan fingerprint density at radius 2 is 1.58 bits per heavy atom. The lowest BCUT2D eigenvalue weighted by molar-refractivity contribution is 0.0734. The fourth-order valence-corrected chi connectivity index (χ4v) is 2.49. The number of halogens is 1. The molecule has 0 saturated carbocycles. The summed E-state index contributed by atoms with van der Waals surface area (Å²) in [6.07, 6.45) is 0. The number of ether oxygens (including phenoxy) is 1. The largest absolute Gasteiger partial charge is 0.423 e. The molecule has 0 heterocycles. The van der Waals surface area contributed by atoms with Gasteiger partial charge in [0.2, 0.25) is 0 Å². The summed E-state index contributed by atoms with van der Waals surface area (Å²) in [4.78, 5) is 24.4. The summed E-state index contributed by atoms with van der Waals surface area (Å²) >= 11 is 5.87. The predicted molar refractivity (Wildman–Crippen MR) is 102 cm³/mol. The third kappa shape index (κ3) is 4.49. The van der Waals surface area contributed by atoms with E-state index in [-0.39, 0.29) is 5.91 Å². The number of esters is 1. The van der Waals surface area contributed by atoms with Crippen LogP contribution in [0.2, 0.25) is 5.02 Å². The maximum absolute atomic E-state index is 12.3. The second kappa shape index (κ2) is 7.85. The Morgan fingerprint density at radius 1 is 0.885 bits per heavy atom. The molecule has 0 atom stereocenters. The smallest absolute Gasteiger partial charge is 0.343 e. The molecule has 26 heavy (non-hydrogen) atoms. The average molecular weight is 366 g/mol. The Balaban J connectivity index is 1.65. The highest BCUT2D eigenvalue weighted by Crippen LogP contribution is 2.17. The molecular formula is C21H16ClNO3. The normalized spacial score (nSPS) is 10.2. The van der Waals surface area contributed by atoms with Gasteiger partial charge in [0.25, 0.3) is 5.91 Å². The van der Waals surface area contributed by atoms with Gasteiger partial charge in [-0.15, -0.1) is 0 Å². The monoisotopic (exact) mass is 365 g/mol. The van der Waals surface area contributed by atoms with Crippen LogP contribution in [0.4, 0.5) is 5.69 Å². The van der Waals surface area contributed by atoms with Crippen molar-refractivity contribution in [1.29, 1.82) is 0 Å². The van der Waals surface area contributed by atoms with E-state index >= 15 is 0 Å². The summed E-state index contributed by atoms with van der Waals surface area (Å²) in [6.45, 7) is 1.98. The first-order chi connectivity index (χ1) is 12.5. The van der Waals surface area contributed by atoms with Gasteiger partial charge in [0.1, 0.15) is 5.75 Å². The lowest BCUT2D eigenvalue weighted by Crippen LogP contribution is -2.12. The van der Waals surface area contributed by atoms with Gasteiger partial charge in [0.05, 0.1) is 5.56 Å². The molecular weight excluding hydrogens is 350 g/mol. The van der Waals surface area contributed by atoms with E-state index in [1.54, 1.807) is 42.5 Å². The van der Waals surface area contributed by atoms with Crippen molar-refractivity contribution in [2.24, 2.45) is 0 Å².